The highest BCUT2D eigenvalue weighted by atomic mass is 32.2. The molecular weight excluding hydrogens is 362 g/mol. The number of benzene rings is 1. The third-order valence-electron chi connectivity index (χ3n) is 5.28. The molecule has 1 aromatic heterocycles. The summed E-state index contributed by atoms with van der Waals surface area (Å²) >= 11 is 1.28. The Morgan fingerprint density at radius 3 is 2.59 bits per heavy atom. The van der Waals surface area contributed by atoms with E-state index in [9.17, 15) is 4.79 Å². The average Bonchev–Trinajstić information content (AvgIpc) is 2.69. The van der Waals surface area contributed by atoms with Gasteiger partial charge in [0.15, 0.2) is 0 Å². The van der Waals surface area contributed by atoms with Gasteiger partial charge >= 0.3 is 0 Å². The first kappa shape index (κ1) is 19.6. The van der Waals surface area contributed by atoms with Crippen LogP contribution in [0.25, 0.3) is 0 Å². The highest BCUT2D eigenvalue weighted by Gasteiger charge is 2.30. The van der Waals surface area contributed by atoms with Crippen molar-refractivity contribution in [2.24, 2.45) is 18.2 Å². The molecule has 0 unspecified atom stereocenters. The van der Waals surface area contributed by atoms with Crippen molar-refractivity contribution in [1.29, 1.82) is 0 Å². The normalized spacial score (nSPS) is 16.4. The Morgan fingerprint density at radius 1 is 1.30 bits per heavy atom. The number of hydrogen-bond donors (Lipinski definition) is 2. The lowest BCUT2D eigenvalue weighted by atomic mass is 9.81. The molecule has 0 saturated carbocycles. The number of anilines is 2. The number of rotatable bonds is 5. The zero-order valence-electron chi connectivity index (χ0n) is 16.1. The minimum absolute atomic E-state index is 0.152. The van der Waals surface area contributed by atoms with Crippen LogP contribution in [-0.2, 0) is 7.05 Å². The summed E-state index contributed by atoms with van der Waals surface area (Å²) in [5, 5.41) is 0. The number of nitrogens with two attached hydrogens (primary N) is 2. The van der Waals surface area contributed by atoms with E-state index in [-0.39, 0.29) is 16.8 Å². The summed E-state index contributed by atoms with van der Waals surface area (Å²) < 4.78 is 6.95. The van der Waals surface area contributed by atoms with Crippen molar-refractivity contribution in [2.45, 2.75) is 29.6 Å². The molecule has 0 atom stereocenters. The molecule has 8 heteroatoms. The maximum atomic E-state index is 13.0. The highest BCUT2D eigenvalue weighted by molar-refractivity contribution is 7.99. The monoisotopic (exact) mass is 389 g/mol. The third kappa shape index (κ3) is 3.91. The van der Waals surface area contributed by atoms with Crippen molar-refractivity contribution in [1.82, 2.24) is 9.55 Å². The minimum atomic E-state index is -0.152. The Kier molecular flexibility index (Phi) is 5.67. The van der Waals surface area contributed by atoms with Crippen LogP contribution in [0.5, 0.6) is 5.75 Å². The standard InChI is InChI=1S/C19H27N5O2S/c1-19(12-20)8-10-24(11-9-19)18-22-16(21)15(17(25)23(18)2)27-14-7-5-4-6-13(14)26-3/h4-7H,8-12,20-21H2,1-3H3. The van der Waals surface area contributed by atoms with E-state index in [0.29, 0.717) is 23.1 Å². The summed E-state index contributed by atoms with van der Waals surface area (Å²) in [5.74, 6) is 1.56. The van der Waals surface area contributed by atoms with Gasteiger partial charge in [-0.1, -0.05) is 30.8 Å². The molecule has 0 radical (unpaired) electrons. The molecule has 0 bridgehead atoms. The number of nitrogens with zero attached hydrogens (tertiary/aromatic N) is 3. The van der Waals surface area contributed by atoms with Gasteiger partial charge < -0.3 is 21.1 Å². The zero-order valence-corrected chi connectivity index (χ0v) is 16.9. The Balaban J connectivity index is 1.90. The molecule has 7 nitrogen and oxygen atoms in total. The number of methoxy groups -OCH3 is 1. The molecule has 1 saturated heterocycles. The van der Waals surface area contributed by atoms with Crippen molar-refractivity contribution >= 4 is 23.5 Å². The molecule has 1 aliphatic heterocycles. The molecule has 0 amide bonds. The van der Waals surface area contributed by atoms with E-state index in [4.69, 9.17) is 16.2 Å². The second-order valence-electron chi connectivity index (χ2n) is 7.25. The topological polar surface area (TPSA) is 99.4 Å². The highest BCUT2D eigenvalue weighted by Crippen LogP contribution is 2.36. The number of nitrogen functional groups attached to an aromatic ring is 1. The van der Waals surface area contributed by atoms with Crippen molar-refractivity contribution < 1.29 is 4.74 Å². The summed E-state index contributed by atoms with van der Waals surface area (Å²) in [5.41, 5.74) is 12.1. The molecule has 27 heavy (non-hydrogen) atoms. The maximum absolute atomic E-state index is 13.0. The van der Waals surface area contributed by atoms with E-state index >= 15 is 0 Å². The predicted octanol–water partition coefficient (Wildman–Crippen LogP) is 2.09. The first-order chi connectivity index (χ1) is 12.9. The van der Waals surface area contributed by atoms with Gasteiger partial charge in [-0.15, -0.1) is 0 Å². The van der Waals surface area contributed by atoms with Gasteiger partial charge in [0.1, 0.15) is 16.5 Å². The van der Waals surface area contributed by atoms with Crippen LogP contribution >= 0.6 is 11.8 Å². The van der Waals surface area contributed by atoms with Crippen molar-refractivity contribution in [3.05, 3.63) is 34.6 Å². The molecule has 0 spiro atoms. The second-order valence-corrected chi connectivity index (χ2v) is 8.30. The van der Waals surface area contributed by atoms with E-state index in [1.54, 1.807) is 18.7 Å². The predicted molar refractivity (Wildman–Crippen MR) is 110 cm³/mol. The van der Waals surface area contributed by atoms with E-state index in [2.05, 4.69) is 16.8 Å². The lowest BCUT2D eigenvalue weighted by molar-refractivity contribution is 0.256. The zero-order chi connectivity index (χ0) is 19.6. The molecule has 1 fully saturated rings. The van der Waals surface area contributed by atoms with Gasteiger partial charge in [-0.25, -0.2) is 0 Å². The molecule has 1 aromatic carbocycles. The maximum Gasteiger partial charge on any atom is 0.270 e. The van der Waals surface area contributed by atoms with Crippen LogP contribution < -0.4 is 26.7 Å². The Morgan fingerprint density at radius 2 is 1.96 bits per heavy atom. The Bertz CT molecular complexity index is 875. The molecule has 1 aliphatic rings. The van der Waals surface area contributed by atoms with Crippen LogP contribution in [0.2, 0.25) is 0 Å². The molecule has 2 aromatic rings. The van der Waals surface area contributed by atoms with Crippen LogP contribution in [-0.4, -0.2) is 36.3 Å². The number of ether oxygens (including phenoxy) is 1. The fourth-order valence-electron chi connectivity index (χ4n) is 3.23. The minimum Gasteiger partial charge on any atom is -0.496 e. The van der Waals surface area contributed by atoms with Crippen molar-refractivity contribution in [3.63, 3.8) is 0 Å². The smallest absolute Gasteiger partial charge is 0.270 e. The van der Waals surface area contributed by atoms with Crippen LogP contribution in [0.3, 0.4) is 0 Å². The Hall–Kier alpha value is -2.19. The van der Waals surface area contributed by atoms with E-state index in [0.717, 1.165) is 30.8 Å². The van der Waals surface area contributed by atoms with E-state index in [1.165, 1.54) is 11.8 Å². The Labute approximate surface area is 163 Å². The first-order valence-electron chi connectivity index (χ1n) is 9.01. The number of piperidine rings is 1. The van der Waals surface area contributed by atoms with Gasteiger partial charge in [0.2, 0.25) is 5.95 Å². The average molecular weight is 390 g/mol. The van der Waals surface area contributed by atoms with Crippen molar-refractivity contribution in [2.75, 3.05) is 37.4 Å². The molecule has 3 rings (SSSR count). The summed E-state index contributed by atoms with van der Waals surface area (Å²) in [6, 6.07) is 7.54. The van der Waals surface area contributed by atoms with Gasteiger partial charge in [-0.3, -0.25) is 9.36 Å². The van der Waals surface area contributed by atoms with Gasteiger partial charge in [-0.2, -0.15) is 4.98 Å². The van der Waals surface area contributed by atoms with Crippen LogP contribution in [0, 0.1) is 5.41 Å². The van der Waals surface area contributed by atoms with Crippen LogP contribution in [0.1, 0.15) is 19.8 Å². The second kappa shape index (κ2) is 7.82. The van der Waals surface area contributed by atoms with Gasteiger partial charge in [0, 0.05) is 20.1 Å². The summed E-state index contributed by atoms with van der Waals surface area (Å²) in [7, 11) is 3.35. The molecule has 4 N–H and O–H groups in total. The number of aromatic nitrogens is 2. The SMILES string of the molecule is COc1ccccc1Sc1c(N)nc(N2CCC(C)(CN)CC2)n(C)c1=O. The quantitative estimate of drug-likeness (QED) is 0.808. The fraction of sp³-hybridized carbons (Fsp3) is 0.474. The first-order valence-corrected chi connectivity index (χ1v) is 9.82. The van der Waals surface area contributed by atoms with Crippen LogP contribution in [0.15, 0.2) is 38.9 Å². The summed E-state index contributed by atoms with van der Waals surface area (Å²) in [4.78, 5) is 20.9. The van der Waals surface area contributed by atoms with Gasteiger partial charge in [0.05, 0.1) is 12.0 Å². The number of para-hydroxylation sites is 1. The molecule has 2 heterocycles. The largest absolute Gasteiger partial charge is 0.496 e. The lowest BCUT2D eigenvalue weighted by Crippen LogP contribution is -2.44. The summed E-state index contributed by atoms with van der Waals surface area (Å²) in [6.45, 7) is 4.50. The van der Waals surface area contributed by atoms with Gasteiger partial charge in [0.25, 0.3) is 5.56 Å². The lowest BCUT2D eigenvalue weighted by Gasteiger charge is -2.39. The molecule has 146 valence electrons. The molecular formula is C19H27N5O2S. The summed E-state index contributed by atoms with van der Waals surface area (Å²) in [6.07, 6.45) is 1.94. The van der Waals surface area contributed by atoms with Crippen molar-refractivity contribution in [3.8, 4) is 5.75 Å². The van der Waals surface area contributed by atoms with Crippen LogP contribution in [0.4, 0.5) is 11.8 Å². The van der Waals surface area contributed by atoms with E-state index < -0.39 is 0 Å². The van der Waals surface area contributed by atoms with E-state index in [1.807, 2.05) is 24.3 Å². The fourth-order valence-corrected chi connectivity index (χ4v) is 4.22. The number of hydrogen-bond acceptors (Lipinski definition) is 7. The molecule has 0 aliphatic carbocycles. The third-order valence-corrected chi connectivity index (χ3v) is 6.42. The van der Waals surface area contributed by atoms with Gasteiger partial charge in [-0.05, 0) is 36.9 Å².